The number of rotatable bonds is 2. The lowest BCUT2D eigenvalue weighted by Gasteiger charge is -2.06. The number of nitrogens with two attached hydrogens (primary N) is 1. The molecule has 78 valence electrons. The Balaban J connectivity index is 2.53. The van der Waals surface area contributed by atoms with E-state index in [0.717, 1.165) is 16.9 Å². The van der Waals surface area contributed by atoms with Crippen molar-refractivity contribution in [2.75, 3.05) is 18.1 Å². The molecule has 0 saturated carbocycles. The van der Waals surface area contributed by atoms with E-state index < -0.39 is 0 Å². The number of nitrogens with one attached hydrogen (secondary N) is 1. The van der Waals surface area contributed by atoms with Crippen LogP contribution in [-0.2, 0) is 7.05 Å². The maximum Gasteiger partial charge on any atom is 0.0909 e. The lowest BCUT2D eigenvalue weighted by atomic mass is 10.1. The molecule has 2 rings (SSSR count). The summed E-state index contributed by atoms with van der Waals surface area (Å²) >= 11 is 0. The first kappa shape index (κ1) is 9.58. The van der Waals surface area contributed by atoms with Gasteiger partial charge in [0, 0.05) is 25.3 Å². The highest BCUT2D eigenvalue weighted by Gasteiger charge is 2.07. The third-order valence-corrected chi connectivity index (χ3v) is 2.39. The lowest BCUT2D eigenvalue weighted by molar-refractivity contribution is 0.776. The molecule has 0 unspecified atom stereocenters. The van der Waals surface area contributed by atoms with Gasteiger partial charge in [-0.05, 0) is 12.1 Å². The SMILES string of the molecule is CNc1cccc(-c2c(N)cnn2C)c1. The summed E-state index contributed by atoms with van der Waals surface area (Å²) in [5, 5.41) is 7.22. The van der Waals surface area contributed by atoms with Crippen LogP contribution in [0.25, 0.3) is 11.3 Å². The Hall–Kier alpha value is -1.97. The minimum Gasteiger partial charge on any atom is -0.396 e. The summed E-state index contributed by atoms with van der Waals surface area (Å²) in [5.74, 6) is 0. The predicted octanol–water partition coefficient (Wildman–Crippen LogP) is 1.71. The molecular formula is C11H14N4. The van der Waals surface area contributed by atoms with Crippen molar-refractivity contribution in [3.05, 3.63) is 30.5 Å². The number of aromatic nitrogens is 2. The van der Waals surface area contributed by atoms with Crippen molar-refractivity contribution < 1.29 is 0 Å². The number of hydrogen-bond acceptors (Lipinski definition) is 3. The second-order valence-corrected chi connectivity index (χ2v) is 3.40. The number of nitrogen functional groups attached to an aromatic ring is 1. The van der Waals surface area contributed by atoms with Gasteiger partial charge in [0.15, 0.2) is 0 Å². The average molecular weight is 202 g/mol. The third-order valence-electron chi connectivity index (χ3n) is 2.39. The standard InChI is InChI=1S/C11H14N4/c1-13-9-5-3-4-8(6-9)11-10(12)7-14-15(11)2/h3-7,13H,12H2,1-2H3. The molecule has 4 nitrogen and oxygen atoms in total. The Bertz CT molecular complexity index is 454. The van der Waals surface area contributed by atoms with Gasteiger partial charge in [0.05, 0.1) is 17.6 Å². The van der Waals surface area contributed by atoms with Gasteiger partial charge in [-0.1, -0.05) is 12.1 Å². The van der Waals surface area contributed by atoms with Crippen molar-refractivity contribution in [1.29, 1.82) is 0 Å². The summed E-state index contributed by atoms with van der Waals surface area (Å²) in [6, 6.07) is 8.07. The number of benzene rings is 1. The fraction of sp³-hybridized carbons (Fsp3) is 0.182. The van der Waals surface area contributed by atoms with Crippen LogP contribution in [0.15, 0.2) is 30.5 Å². The van der Waals surface area contributed by atoms with E-state index >= 15 is 0 Å². The monoisotopic (exact) mass is 202 g/mol. The summed E-state index contributed by atoms with van der Waals surface area (Å²) in [6.07, 6.45) is 1.67. The minimum absolute atomic E-state index is 0.700. The third kappa shape index (κ3) is 1.66. The van der Waals surface area contributed by atoms with Gasteiger partial charge in [0.1, 0.15) is 0 Å². The van der Waals surface area contributed by atoms with Gasteiger partial charge in [0.2, 0.25) is 0 Å². The molecule has 0 radical (unpaired) electrons. The van der Waals surface area contributed by atoms with E-state index in [1.807, 2.05) is 38.4 Å². The molecule has 0 aliphatic rings. The van der Waals surface area contributed by atoms with Crippen molar-refractivity contribution in [1.82, 2.24) is 9.78 Å². The lowest BCUT2D eigenvalue weighted by Crippen LogP contribution is -1.96. The van der Waals surface area contributed by atoms with Gasteiger partial charge < -0.3 is 11.1 Å². The fourth-order valence-electron chi connectivity index (χ4n) is 1.63. The van der Waals surface area contributed by atoms with Gasteiger partial charge in [-0.25, -0.2) is 0 Å². The van der Waals surface area contributed by atoms with E-state index in [0.29, 0.717) is 5.69 Å². The first-order valence-electron chi connectivity index (χ1n) is 4.78. The van der Waals surface area contributed by atoms with Crippen molar-refractivity contribution in [2.24, 2.45) is 7.05 Å². The van der Waals surface area contributed by atoms with Crippen LogP contribution in [0.5, 0.6) is 0 Å². The summed E-state index contributed by atoms with van der Waals surface area (Å²) < 4.78 is 1.78. The molecule has 3 N–H and O–H groups in total. The van der Waals surface area contributed by atoms with Crippen LogP contribution in [0, 0.1) is 0 Å². The molecule has 0 saturated heterocycles. The Morgan fingerprint density at radius 2 is 2.20 bits per heavy atom. The van der Waals surface area contributed by atoms with Crippen LogP contribution in [0.1, 0.15) is 0 Å². The molecule has 1 heterocycles. The van der Waals surface area contributed by atoms with E-state index in [-0.39, 0.29) is 0 Å². The molecule has 0 fully saturated rings. The molecule has 1 aromatic carbocycles. The van der Waals surface area contributed by atoms with Crippen molar-refractivity contribution >= 4 is 11.4 Å². The minimum atomic E-state index is 0.700. The predicted molar refractivity (Wildman–Crippen MR) is 62.6 cm³/mol. The molecule has 0 aliphatic carbocycles. The fourth-order valence-corrected chi connectivity index (χ4v) is 1.63. The zero-order chi connectivity index (χ0) is 10.8. The highest BCUT2D eigenvalue weighted by atomic mass is 15.3. The molecule has 4 heteroatoms. The quantitative estimate of drug-likeness (QED) is 0.779. The van der Waals surface area contributed by atoms with Crippen LogP contribution < -0.4 is 11.1 Å². The molecule has 2 aromatic rings. The molecular weight excluding hydrogens is 188 g/mol. The van der Waals surface area contributed by atoms with Crippen molar-refractivity contribution in [3.63, 3.8) is 0 Å². The van der Waals surface area contributed by atoms with Crippen molar-refractivity contribution in [2.45, 2.75) is 0 Å². The van der Waals surface area contributed by atoms with E-state index in [1.165, 1.54) is 0 Å². The molecule has 0 atom stereocenters. The Morgan fingerprint density at radius 3 is 2.80 bits per heavy atom. The van der Waals surface area contributed by atoms with Crippen LogP contribution in [-0.4, -0.2) is 16.8 Å². The van der Waals surface area contributed by atoms with Crippen LogP contribution in [0.2, 0.25) is 0 Å². The number of hydrogen-bond donors (Lipinski definition) is 2. The van der Waals surface area contributed by atoms with Crippen LogP contribution in [0.3, 0.4) is 0 Å². The van der Waals surface area contributed by atoms with E-state index in [4.69, 9.17) is 5.73 Å². The van der Waals surface area contributed by atoms with Crippen molar-refractivity contribution in [3.8, 4) is 11.3 Å². The maximum absolute atomic E-state index is 5.86. The zero-order valence-electron chi connectivity index (χ0n) is 8.86. The summed E-state index contributed by atoms with van der Waals surface area (Å²) in [4.78, 5) is 0. The molecule has 0 aliphatic heterocycles. The summed E-state index contributed by atoms with van der Waals surface area (Å²) in [7, 11) is 3.78. The largest absolute Gasteiger partial charge is 0.396 e. The first-order chi connectivity index (χ1) is 7.22. The summed E-state index contributed by atoms with van der Waals surface area (Å²) in [6.45, 7) is 0. The van der Waals surface area contributed by atoms with Gasteiger partial charge in [-0.15, -0.1) is 0 Å². The highest BCUT2D eigenvalue weighted by molar-refractivity contribution is 5.74. The number of aryl methyl sites for hydroxylation is 1. The summed E-state index contributed by atoms with van der Waals surface area (Å²) in [5.41, 5.74) is 9.64. The Labute approximate surface area is 88.7 Å². The molecule has 0 amide bonds. The number of anilines is 2. The normalized spacial score (nSPS) is 10.3. The molecule has 0 spiro atoms. The molecule has 1 aromatic heterocycles. The topological polar surface area (TPSA) is 55.9 Å². The number of nitrogens with zero attached hydrogens (tertiary/aromatic N) is 2. The molecule has 15 heavy (non-hydrogen) atoms. The Kier molecular flexibility index (Phi) is 2.33. The van der Waals surface area contributed by atoms with Gasteiger partial charge in [-0.3, -0.25) is 4.68 Å². The van der Waals surface area contributed by atoms with E-state index in [2.05, 4.69) is 10.4 Å². The smallest absolute Gasteiger partial charge is 0.0909 e. The first-order valence-corrected chi connectivity index (χ1v) is 4.78. The van der Waals surface area contributed by atoms with Gasteiger partial charge in [-0.2, -0.15) is 5.10 Å². The Morgan fingerprint density at radius 1 is 1.40 bits per heavy atom. The van der Waals surface area contributed by atoms with Gasteiger partial charge >= 0.3 is 0 Å². The van der Waals surface area contributed by atoms with E-state index in [1.54, 1.807) is 10.9 Å². The van der Waals surface area contributed by atoms with Crippen LogP contribution >= 0.6 is 0 Å². The zero-order valence-corrected chi connectivity index (χ0v) is 8.86. The highest BCUT2D eigenvalue weighted by Crippen LogP contribution is 2.26. The average Bonchev–Trinajstić information content (AvgIpc) is 2.59. The second-order valence-electron chi connectivity index (χ2n) is 3.40. The maximum atomic E-state index is 5.86. The van der Waals surface area contributed by atoms with E-state index in [9.17, 15) is 0 Å². The molecule has 0 bridgehead atoms. The van der Waals surface area contributed by atoms with Crippen LogP contribution in [0.4, 0.5) is 11.4 Å². The second kappa shape index (κ2) is 3.65. The van der Waals surface area contributed by atoms with Gasteiger partial charge in [0.25, 0.3) is 0 Å².